The second-order valence-electron chi connectivity index (χ2n) is 4.36. The highest BCUT2D eigenvalue weighted by atomic mass is 16.5. The Morgan fingerprint density at radius 1 is 1.25 bits per heavy atom. The zero-order valence-corrected chi connectivity index (χ0v) is 9.93. The Bertz CT molecular complexity index is 373. The first-order valence-electron chi connectivity index (χ1n) is 5.57. The Morgan fingerprint density at radius 3 is 2.44 bits per heavy atom. The van der Waals surface area contributed by atoms with Crippen molar-refractivity contribution in [1.29, 1.82) is 0 Å². The monoisotopic (exact) mass is 222 g/mol. The molecule has 2 rings (SSSR count). The highest BCUT2D eigenvalue weighted by Gasteiger charge is 2.41. The smallest absolute Gasteiger partial charge is 0.160 e. The molecule has 0 radical (unpaired) electrons. The molecule has 0 saturated heterocycles. The van der Waals surface area contributed by atoms with Crippen molar-refractivity contribution in [2.45, 2.75) is 25.4 Å². The highest BCUT2D eigenvalue weighted by Crippen LogP contribution is 2.50. The van der Waals surface area contributed by atoms with E-state index in [1.54, 1.807) is 14.2 Å². The SMILES string of the molecule is COc1ccc([C@@H]2C[C@H]2[C@@H](C)O)cc1OC. The van der Waals surface area contributed by atoms with Crippen molar-refractivity contribution in [2.24, 2.45) is 5.92 Å². The summed E-state index contributed by atoms with van der Waals surface area (Å²) in [6, 6.07) is 5.98. The fourth-order valence-electron chi connectivity index (χ4n) is 2.21. The van der Waals surface area contributed by atoms with E-state index in [4.69, 9.17) is 9.47 Å². The molecule has 3 atom stereocenters. The lowest BCUT2D eigenvalue weighted by Gasteiger charge is -2.09. The third-order valence-corrected chi connectivity index (χ3v) is 3.30. The first-order valence-corrected chi connectivity index (χ1v) is 5.57. The van der Waals surface area contributed by atoms with Crippen molar-refractivity contribution >= 4 is 0 Å². The van der Waals surface area contributed by atoms with E-state index in [-0.39, 0.29) is 6.10 Å². The van der Waals surface area contributed by atoms with Crippen LogP contribution in [0.1, 0.15) is 24.8 Å². The lowest BCUT2D eigenvalue weighted by Crippen LogP contribution is -2.03. The minimum atomic E-state index is -0.224. The van der Waals surface area contributed by atoms with Crippen LogP contribution in [0.3, 0.4) is 0 Å². The predicted octanol–water partition coefficient (Wildman–Crippen LogP) is 2.19. The van der Waals surface area contributed by atoms with Gasteiger partial charge in [-0.3, -0.25) is 0 Å². The molecule has 3 heteroatoms. The van der Waals surface area contributed by atoms with Gasteiger partial charge in [0.1, 0.15) is 0 Å². The quantitative estimate of drug-likeness (QED) is 0.848. The van der Waals surface area contributed by atoms with E-state index in [1.165, 1.54) is 5.56 Å². The van der Waals surface area contributed by atoms with Crippen LogP contribution in [0.15, 0.2) is 18.2 Å². The van der Waals surface area contributed by atoms with Gasteiger partial charge >= 0.3 is 0 Å². The number of aliphatic hydroxyl groups excluding tert-OH is 1. The number of benzene rings is 1. The van der Waals surface area contributed by atoms with Crippen LogP contribution in [-0.4, -0.2) is 25.4 Å². The van der Waals surface area contributed by atoms with Crippen molar-refractivity contribution in [3.63, 3.8) is 0 Å². The van der Waals surface area contributed by atoms with Crippen LogP contribution in [0.4, 0.5) is 0 Å². The van der Waals surface area contributed by atoms with E-state index < -0.39 is 0 Å². The van der Waals surface area contributed by atoms with Gasteiger partial charge in [-0.2, -0.15) is 0 Å². The van der Waals surface area contributed by atoms with Gasteiger partial charge in [-0.05, 0) is 42.9 Å². The molecule has 0 amide bonds. The Kier molecular flexibility index (Phi) is 3.06. The van der Waals surface area contributed by atoms with Crippen LogP contribution in [0, 0.1) is 5.92 Å². The standard InChI is InChI=1S/C13H18O3/c1-8(14)10-7-11(10)9-4-5-12(15-2)13(6-9)16-3/h4-6,8,10-11,14H,7H2,1-3H3/t8-,10+,11+/m1/s1. The molecule has 3 nitrogen and oxygen atoms in total. The van der Waals surface area contributed by atoms with E-state index >= 15 is 0 Å². The molecule has 16 heavy (non-hydrogen) atoms. The summed E-state index contributed by atoms with van der Waals surface area (Å²) in [5, 5.41) is 9.50. The third kappa shape index (κ3) is 2.00. The van der Waals surface area contributed by atoms with Gasteiger partial charge in [0, 0.05) is 0 Å². The first-order chi connectivity index (χ1) is 7.67. The molecule has 1 saturated carbocycles. The van der Waals surface area contributed by atoms with E-state index in [9.17, 15) is 5.11 Å². The Hall–Kier alpha value is -1.22. The summed E-state index contributed by atoms with van der Waals surface area (Å²) in [6.45, 7) is 1.85. The van der Waals surface area contributed by atoms with Gasteiger partial charge in [0.2, 0.25) is 0 Å². The van der Waals surface area contributed by atoms with Gasteiger partial charge in [-0.25, -0.2) is 0 Å². The molecule has 0 spiro atoms. The molecule has 0 unspecified atom stereocenters. The molecule has 1 aliphatic rings. The largest absolute Gasteiger partial charge is 0.493 e. The van der Waals surface area contributed by atoms with Crippen LogP contribution >= 0.6 is 0 Å². The molecule has 88 valence electrons. The minimum absolute atomic E-state index is 0.224. The average molecular weight is 222 g/mol. The molecule has 1 fully saturated rings. The van der Waals surface area contributed by atoms with Crippen molar-refractivity contribution in [3.05, 3.63) is 23.8 Å². The summed E-state index contributed by atoms with van der Waals surface area (Å²) in [6.07, 6.45) is 0.839. The van der Waals surface area contributed by atoms with Crippen LogP contribution < -0.4 is 9.47 Å². The number of hydrogen-bond acceptors (Lipinski definition) is 3. The topological polar surface area (TPSA) is 38.7 Å². The van der Waals surface area contributed by atoms with Gasteiger partial charge in [0.25, 0.3) is 0 Å². The lowest BCUT2D eigenvalue weighted by molar-refractivity contribution is 0.169. The van der Waals surface area contributed by atoms with Crippen molar-refractivity contribution in [2.75, 3.05) is 14.2 Å². The maximum Gasteiger partial charge on any atom is 0.160 e. The molecule has 1 aromatic rings. The van der Waals surface area contributed by atoms with E-state index in [1.807, 2.05) is 19.1 Å². The summed E-state index contributed by atoms with van der Waals surface area (Å²) in [5.41, 5.74) is 1.23. The van der Waals surface area contributed by atoms with E-state index in [0.717, 1.165) is 17.9 Å². The molecule has 1 aromatic carbocycles. The molecular formula is C13H18O3. The lowest BCUT2D eigenvalue weighted by atomic mass is 10.1. The zero-order valence-electron chi connectivity index (χ0n) is 9.93. The predicted molar refractivity (Wildman–Crippen MR) is 62.1 cm³/mol. The van der Waals surface area contributed by atoms with Crippen LogP contribution in [-0.2, 0) is 0 Å². The normalized spacial score (nSPS) is 25.0. The van der Waals surface area contributed by atoms with Crippen molar-refractivity contribution < 1.29 is 14.6 Å². The van der Waals surface area contributed by atoms with E-state index in [0.29, 0.717) is 11.8 Å². The van der Waals surface area contributed by atoms with Crippen molar-refractivity contribution in [3.8, 4) is 11.5 Å². The van der Waals surface area contributed by atoms with Gasteiger partial charge in [-0.1, -0.05) is 6.07 Å². The molecule has 0 heterocycles. The summed E-state index contributed by atoms with van der Waals surface area (Å²) in [7, 11) is 3.27. The van der Waals surface area contributed by atoms with Crippen molar-refractivity contribution in [1.82, 2.24) is 0 Å². The number of methoxy groups -OCH3 is 2. The van der Waals surface area contributed by atoms with Gasteiger partial charge in [0.15, 0.2) is 11.5 Å². The molecule has 0 aliphatic heterocycles. The van der Waals surface area contributed by atoms with E-state index in [2.05, 4.69) is 6.07 Å². The highest BCUT2D eigenvalue weighted by molar-refractivity contribution is 5.45. The van der Waals surface area contributed by atoms with Crippen LogP contribution in [0.2, 0.25) is 0 Å². The minimum Gasteiger partial charge on any atom is -0.493 e. The third-order valence-electron chi connectivity index (χ3n) is 3.30. The summed E-state index contributed by atoms with van der Waals surface area (Å²) in [4.78, 5) is 0. The second kappa shape index (κ2) is 4.34. The van der Waals surface area contributed by atoms with Crippen LogP contribution in [0.25, 0.3) is 0 Å². The first kappa shape index (κ1) is 11.3. The van der Waals surface area contributed by atoms with Gasteiger partial charge in [0.05, 0.1) is 20.3 Å². The average Bonchev–Trinajstić information content (AvgIpc) is 3.08. The molecule has 1 aliphatic carbocycles. The summed E-state index contributed by atoms with van der Waals surface area (Å²) in [5.74, 6) is 2.38. The molecular weight excluding hydrogens is 204 g/mol. The Balaban J connectivity index is 2.18. The maximum absolute atomic E-state index is 9.50. The maximum atomic E-state index is 9.50. The fraction of sp³-hybridized carbons (Fsp3) is 0.538. The van der Waals surface area contributed by atoms with Crippen LogP contribution in [0.5, 0.6) is 11.5 Å². The number of ether oxygens (including phenoxy) is 2. The van der Waals surface area contributed by atoms with Gasteiger partial charge < -0.3 is 14.6 Å². The summed E-state index contributed by atoms with van der Waals surface area (Å²) < 4.78 is 10.5. The number of hydrogen-bond donors (Lipinski definition) is 1. The Labute approximate surface area is 96.0 Å². The Morgan fingerprint density at radius 2 is 1.94 bits per heavy atom. The molecule has 0 bridgehead atoms. The molecule has 0 aromatic heterocycles. The number of rotatable bonds is 4. The van der Waals surface area contributed by atoms with Gasteiger partial charge in [-0.15, -0.1) is 0 Å². The second-order valence-corrected chi connectivity index (χ2v) is 4.36. The summed E-state index contributed by atoms with van der Waals surface area (Å²) >= 11 is 0. The number of aliphatic hydroxyl groups is 1. The fourth-order valence-corrected chi connectivity index (χ4v) is 2.21. The molecule has 1 N–H and O–H groups in total. The zero-order chi connectivity index (χ0) is 11.7.